The minimum absolute atomic E-state index is 0.0464. The van der Waals surface area contributed by atoms with E-state index in [0.29, 0.717) is 51.8 Å². The van der Waals surface area contributed by atoms with Gasteiger partial charge in [-0.05, 0) is 79.8 Å². The normalized spacial score (nSPS) is 18.6. The minimum atomic E-state index is -2.05. The molecule has 4 heterocycles. The predicted molar refractivity (Wildman–Crippen MR) is 214 cm³/mol. The molecule has 9 N–H and O–H groups in total. The van der Waals surface area contributed by atoms with E-state index in [2.05, 4.69) is 21.3 Å². The zero-order valence-electron chi connectivity index (χ0n) is 33.6. The first-order valence-electron chi connectivity index (χ1n) is 19.9. The number of amides is 4. The van der Waals surface area contributed by atoms with Crippen LogP contribution in [0.5, 0.6) is 0 Å². The second-order valence-electron chi connectivity index (χ2n) is 16.0. The number of carbonyl (C=O) groups is 4. The molecule has 0 unspecified atom stereocenters. The Kier molecular flexibility index (Phi) is 11.5. The van der Waals surface area contributed by atoms with Crippen molar-refractivity contribution in [2.45, 2.75) is 103 Å². The molecule has 0 saturated carbocycles. The number of urea groups is 1. The van der Waals surface area contributed by atoms with Crippen LogP contribution in [0.3, 0.4) is 0 Å². The van der Waals surface area contributed by atoms with Gasteiger partial charge in [-0.1, -0.05) is 20.8 Å². The van der Waals surface area contributed by atoms with Gasteiger partial charge in [0.25, 0.3) is 5.56 Å². The van der Waals surface area contributed by atoms with Crippen molar-refractivity contribution in [2.75, 3.05) is 11.9 Å². The van der Waals surface area contributed by atoms with E-state index in [0.717, 1.165) is 17.7 Å². The quantitative estimate of drug-likeness (QED) is 0.0675. The number of aliphatic hydroxyl groups is 1. The van der Waals surface area contributed by atoms with Crippen molar-refractivity contribution >= 4 is 40.4 Å². The summed E-state index contributed by atoms with van der Waals surface area (Å²) in [6.45, 7) is 6.31. The molecule has 3 aliphatic rings. The number of nitrogens with zero attached hydrogens (tertiary/aromatic N) is 2. The molecular weight excluding hydrogens is 786 g/mol. The Bertz CT molecular complexity index is 2500. The molecule has 1 aliphatic carbocycles. The Morgan fingerprint density at radius 1 is 1.05 bits per heavy atom. The number of aryl methyl sites for hydroxylation is 1. The highest BCUT2D eigenvalue weighted by Gasteiger charge is 2.46. The topological polar surface area (TPSA) is 233 Å². The van der Waals surface area contributed by atoms with E-state index in [4.69, 9.17) is 21.2 Å². The van der Waals surface area contributed by atoms with Gasteiger partial charge in [0, 0.05) is 53.0 Å². The van der Waals surface area contributed by atoms with Crippen molar-refractivity contribution < 1.29 is 42.2 Å². The zero-order valence-corrected chi connectivity index (χ0v) is 33.6. The summed E-state index contributed by atoms with van der Waals surface area (Å²) in [5, 5.41) is 22.8. The highest BCUT2D eigenvalue weighted by molar-refractivity contribution is 5.98. The van der Waals surface area contributed by atoms with E-state index >= 15 is 13.2 Å². The number of nitrogens with two attached hydrogens (primary N) is 2. The Hall–Kier alpha value is -5.85. The first-order chi connectivity index (χ1) is 28.4. The molecule has 4 atom stereocenters. The average molecular weight is 833 g/mol. The number of carbonyl (C=O) groups excluding carboxylic acids is 4. The third-order valence-corrected chi connectivity index (χ3v) is 11.9. The number of hydrogen-bond acceptors (Lipinski definition) is 10. The lowest BCUT2D eigenvalue weighted by Crippen LogP contribution is -2.51. The Morgan fingerprint density at radius 3 is 2.43 bits per heavy atom. The van der Waals surface area contributed by atoms with Gasteiger partial charge in [0.15, 0.2) is 5.60 Å². The summed E-state index contributed by atoms with van der Waals surface area (Å²) >= 11 is 0. The van der Waals surface area contributed by atoms with Crippen LogP contribution >= 0.6 is 0 Å². The molecule has 18 heteroatoms. The molecule has 4 aromatic rings. The van der Waals surface area contributed by atoms with Crippen molar-refractivity contribution in [3.63, 3.8) is 0 Å². The molecule has 0 spiro atoms. The second-order valence-corrected chi connectivity index (χ2v) is 16.0. The fourth-order valence-corrected chi connectivity index (χ4v) is 8.41. The maximum Gasteiger partial charge on any atom is 0.343 e. The maximum atomic E-state index is 15.8. The molecule has 2 aromatic carbocycles. The number of ether oxygens (including phenoxy) is 1. The first-order valence-corrected chi connectivity index (χ1v) is 19.9. The molecule has 7 rings (SSSR count). The van der Waals surface area contributed by atoms with E-state index in [1.54, 1.807) is 33.8 Å². The monoisotopic (exact) mass is 832 g/mol. The van der Waals surface area contributed by atoms with Crippen LogP contribution in [0.1, 0.15) is 91.4 Å². The van der Waals surface area contributed by atoms with Crippen molar-refractivity contribution in [1.82, 2.24) is 25.5 Å². The SMILES string of the molecule is CC[C@@]1(O)C(=O)OCc2c1cc1n(c2=O)Cc2c-1nc1cc(F)c(C)c3c1c2[C@@H](NCc1c(F)cc(NC(=O)[C@H](CCCNC(N)=O)NC(=O)[C@@H](N)C(C)C)cc1F)CC3. The van der Waals surface area contributed by atoms with Crippen LogP contribution in [0.4, 0.5) is 23.7 Å². The molecule has 0 fully saturated rings. The number of hydrogen-bond donors (Lipinski definition) is 7. The van der Waals surface area contributed by atoms with Crippen LogP contribution in [0, 0.1) is 30.3 Å². The van der Waals surface area contributed by atoms with Crippen LogP contribution in [0.15, 0.2) is 29.1 Å². The van der Waals surface area contributed by atoms with Gasteiger partial charge >= 0.3 is 12.0 Å². The number of rotatable bonds is 13. The number of fused-ring (bicyclic) bond motifs is 5. The summed E-state index contributed by atoms with van der Waals surface area (Å²) in [5.41, 5.74) is 11.8. The minimum Gasteiger partial charge on any atom is -0.458 e. The molecule has 318 valence electrons. The van der Waals surface area contributed by atoms with Gasteiger partial charge in [-0.15, -0.1) is 0 Å². The van der Waals surface area contributed by atoms with E-state index in [1.807, 2.05) is 0 Å². The molecule has 0 radical (unpaired) electrons. The Labute approximate surface area is 342 Å². The van der Waals surface area contributed by atoms with Crippen LogP contribution in [0.25, 0.3) is 22.3 Å². The van der Waals surface area contributed by atoms with Crippen LogP contribution in [-0.4, -0.2) is 57.1 Å². The molecule has 15 nitrogen and oxygen atoms in total. The standard InChI is InChI=1S/C42H47F3N8O7/c1-5-42(59)25-13-32-36-23(16-53(32)39(56)24(25)17-60-40(42)57)34-29(9-8-21-19(4)26(43)14-31(51-36)33(21)34)49-15-22-27(44)11-20(12-28(22)45)50-37(54)30(7-6-10-48-41(47)58)52-38(55)35(46)18(2)3/h11-14,18,29-30,35,49,59H,5-10,15-17,46H2,1-4H3,(H,50,54)(H,52,55)(H3,47,48,58)/t29-,30-,35-,42-/m0/s1. The molecule has 2 aromatic heterocycles. The zero-order chi connectivity index (χ0) is 43.4. The fourth-order valence-electron chi connectivity index (χ4n) is 8.41. The van der Waals surface area contributed by atoms with Gasteiger partial charge in [0.05, 0.1) is 35.1 Å². The average Bonchev–Trinajstić information content (AvgIpc) is 3.57. The molecule has 0 saturated heterocycles. The van der Waals surface area contributed by atoms with Gasteiger partial charge in [0.1, 0.15) is 30.1 Å². The van der Waals surface area contributed by atoms with Crippen LogP contribution in [0.2, 0.25) is 0 Å². The largest absolute Gasteiger partial charge is 0.458 e. The molecule has 4 amide bonds. The third kappa shape index (κ3) is 7.47. The molecule has 2 aliphatic heterocycles. The van der Waals surface area contributed by atoms with E-state index in [-0.39, 0.29) is 73.8 Å². The predicted octanol–water partition coefficient (Wildman–Crippen LogP) is 3.44. The number of benzene rings is 2. The smallest absolute Gasteiger partial charge is 0.343 e. The Balaban J connectivity index is 1.17. The van der Waals surface area contributed by atoms with Crippen molar-refractivity contribution in [3.8, 4) is 11.4 Å². The highest BCUT2D eigenvalue weighted by atomic mass is 19.1. The lowest BCUT2D eigenvalue weighted by atomic mass is 9.81. The number of anilines is 1. The summed E-state index contributed by atoms with van der Waals surface area (Å²) < 4.78 is 53.7. The molecule has 60 heavy (non-hydrogen) atoms. The number of halogens is 3. The van der Waals surface area contributed by atoms with Crippen molar-refractivity contribution in [1.29, 1.82) is 0 Å². The number of cyclic esters (lactones) is 1. The fraction of sp³-hybridized carbons (Fsp3) is 0.429. The lowest BCUT2D eigenvalue weighted by Gasteiger charge is -2.31. The summed E-state index contributed by atoms with van der Waals surface area (Å²) in [7, 11) is 0. The summed E-state index contributed by atoms with van der Waals surface area (Å²) in [6.07, 6.45) is 1.07. The highest BCUT2D eigenvalue weighted by Crippen LogP contribution is 2.46. The molecule has 0 bridgehead atoms. The lowest BCUT2D eigenvalue weighted by molar-refractivity contribution is -0.172. The molecular formula is C42H47F3N8O7. The van der Waals surface area contributed by atoms with E-state index in [9.17, 15) is 29.1 Å². The number of nitrogens with one attached hydrogen (secondary N) is 4. The van der Waals surface area contributed by atoms with E-state index < -0.39 is 70.6 Å². The second kappa shape index (κ2) is 16.3. The maximum absolute atomic E-state index is 15.8. The summed E-state index contributed by atoms with van der Waals surface area (Å²) in [4.78, 5) is 68.7. The number of aromatic nitrogens is 2. The summed E-state index contributed by atoms with van der Waals surface area (Å²) in [5.74, 6) is -4.85. The van der Waals surface area contributed by atoms with Gasteiger partial charge in [-0.3, -0.25) is 14.4 Å². The van der Waals surface area contributed by atoms with E-state index in [1.165, 1.54) is 10.6 Å². The third-order valence-electron chi connectivity index (χ3n) is 11.9. The van der Waals surface area contributed by atoms with Gasteiger partial charge < -0.3 is 47.1 Å². The van der Waals surface area contributed by atoms with Crippen molar-refractivity contribution in [3.05, 3.63) is 91.0 Å². The van der Waals surface area contributed by atoms with Crippen LogP contribution < -0.4 is 38.3 Å². The Morgan fingerprint density at radius 2 is 1.77 bits per heavy atom. The van der Waals surface area contributed by atoms with Crippen LogP contribution in [-0.2, 0) is 50.8 Å². The summed E-state index contributed by atoms with van der Waals surface area (Å²) in [6, 6.07) is 1.43. The van der Waals surface area contributed by atoms with Gasteiger partial charge in [-0.2, -0.15) is 0 Å². The van der Waals surface area contributed by atoms with Crippen molar-refractivity contribution in [2.24, 2.45) is 17.4 Å². The van der Waals surface area contributed by atoms with Gasteiger partial charge in [-0.25, -0.2) is 27.7 Å². The number of pyridine rings is 2. The first kappa shape index (κ1) is 42.3. The van der Waals surface area contributed by atoms with Gasteiger partial charge in [0.2, 0.25) is 11.8 Å². The number of esters is 1. The number of primary amides is 1.